The Hall–Kier alpha value is -3.12. The highest BCUT2D eigenvalue weighted by Gasteiger charge is 2.47. The van der Waals surface area contributed by atoms with Gasteiger partial charge in [-0.3, -0.25) is 0 Å². The lowest BCUT2D eigenvalue weighted by Gasteiger charge is -2.42. The molecule has 0 nitrogen and oxygen atoms in total. The first-order valence-electron chi connectivity index (χ1n) is 9.63. The van der Waals surface area contributed by atoms with Gasteiger partial charge in [0.2, 0.25) is 0 Å². The van der Waals surface area contributed by atoms with E-state index in [1.165, 1.54) is 55.7 Å². The zero-order valence-corrected chi connectivity index (χ0v) is 15.6. The number of allylic oxidation sites excluding steroid dienone is 10. The van der Waals surface area contributed by atoms with Gasteiger partial charge in [0.1, 0.15) is 0 Å². The second-order valence-corrected chi connectivity index (χ2v) is 7.90. The second kappa shape index (κ2) is 4.98. The molecule has 1 unspecified atom stereocenters. The van der Waals surface area contributed by atoms with Crippen molar-refractivity contribution in [1.82, 2.24) is 0 Å². The van der Waals surface area contributed by atoms with Gasteiger partial charge < -0.3 is 0 Å². The van der Waals surface area contributed by atoms with Crippen molar-refractivity contribution in [3.8, 4) is 0 Å². The fourth-order valence-corrected chi connectivity index (χ4v) is 5.26. The first-order chi connectivity index (χ1) is 13.2. The molecular formula is C27H20. The SMILES string of the molecule is CC1=C(C)C2(C=CC=C3C2=Cc2ccccc23)C2=Cc3ccccc3C2=C1. The van der Waals surface area contributed by atoms with E-state index in [9.17, 15) is 0 Å². The van der Waals surface area contributed by atoms with Crippen molar-refractivity contribution in [2.75, 3.05) is 0 Å². The highest BCUT2D eigenvalue weighted by molar-refractivity contribution is 6.06. The highest BCUT2D eigenvalue weighted by atomic mass is 14.5. The van der Waals surface area contributed by atoms with Crippen molar-refractivity contribution in [2.24, 2.45) is 5.41 Å². The van der Waals surface area contributed by atoms with Crippen molar-refractivity contribution in [2.45, 2.75) is 13.8 Å². The third kappa shape index (κ3) is 1.73. The van der Waals surface area contributed by atoms with E-state index < -0.39 is 0 Å². The second-order valence-electron chi connectivity index (χ2n) is 7.90. The van der Waals surface area contributed by atoms with E-state index in [0.29, 0.717) is 0 Å². The number of hydrogen-bond donors (Lipinski definition) is 0. The van der Waals surface area contributed by atoms with Gasteiger partial charge in [-0.2, -0.15) is 0 Å². The summed E-state index contributed by atoms with van der Waals surface area (Å²) in [6, 6.07) is 17.6. The van der Waals surface area contributed by atoms with Crippen LogP contribution in [0.5, 0.6) is 0 Å². The van der Waals surface area contributed by atoms with Gasteiger partial charge in [-0.25, -0.2) is 0 Å². The van der Waals surface area contributed by atoms with Gasteiger partial charge in [0.25, 0.3) is 0 Å². The summed E-state index contributed by atoms with van der Waals surface area (Å²) in [5.74, 6) is 0. The van der Waals surface area contributed by atoms with Crippen molar-refractivity contribution in [3.05, 3.63) is 117 Å². The van der Waals surface area contributed by atoms with E-state index in [1.54, 1.807) is 0 Å². The van der Waals surface area contributed by atoms with Crippen LogP contribution in [0.4, 0.5) is 0 Å². The Morgan fingerprint density at radius 2 is 1.26 bits per heavy atom. The summed E-state index contributed by atoms with van der Waals surface area (Å²) >= 11 is 0. The molecule has 1 spiro atoms. The summed E-state index contributed by atoms with van der Waals surface area (Å²) < 4.78 is 0. The average Bonchev–Trinajstić information content (AvgIpc) is 3.26. The van der Waals surface area contributed by atoms with Crippen LogP contribution in [-0.4, -0.2) is 0 Å². The molecule has 0 saturated carbocycles. The van der Waals surface area contributed by atoms with Gasteiger partial charge in [-0.1, -0.05) is 84.0 Å². The lowest BCUT2D eigenvalue weighted by Crippen LogP contribution is -2.29. The van der Waals surface area contributed by atoms with Crippen LogP contribution in [0, 0.1) is 5.41 Å². The highest BCUT2D eigenvalue weighted by Crippen LogP contribution is 2.62. The molecule has 1 atom stereocenters. The van der Waals surface area contributed by atoms with Gasteiger partial charge in [-0.05, 0) is 70.5 Å². The largest absolute Gasteiger partial charge is 0.0655 e. The van der Waals surface area contributed by atoms with Crippen molar-refractivity contribution < 1.29 is 0 Å². The van der Waals surface area contributed by atoms with Crippen LogP contribution in [0.2, 0.25) is 0 Å². The van der Waals surface area contributed by atoms with Gasteiger partial charge in [0.15, 0.2) is 0 Å². The summed E-state index contributed by atoms with van der Waals surface area (Å²) in [4.78, 5) is 0. The van der Waals surface area contributed by atoms with Crippen LogP contribution in [-0.2, 0) is 0 Å². The maximum atomic E-state index is 2.41. The molecule has 2 aromatic carbocycles. The maximum Gasteiger partial charge on any atom is 0.0610 e. The first-order valence-corrected chi connectivity index (χ1v) is 9.63. The van der Waals surface area contributed by atoms with Crippen LogP contribution in [0.1, 0.15) is 36.1 Å². The van der Waals surface area contributed by atoms with E-state index in [1.807, 2.05) is 0 Å². The molecule has 4 aliphatic rings. The molecule has 0 aliphatic heterocycles. The Balaban J connectivity index is 1.66. The Kier molecular flexibility index (Phi) is 2.77. The first kappa shape index (κ1) is 15.0. The monoisotopic (exact) mass is 344 g/mol. The Bertz CT molecular complexity index is 1210. The van der Waals surface area contributed by atoms with E-state index in [2.05, 4.69) is 98.8 Å². The molecule has 27 heavy (non-hydrogen) atoms. The lowest BCUT2D eigenvalue weighted by atomic mass is 9.60. The summed E-state index contributed by atoms with van der Waals surface area (Å²) in [5, 5.41) is 0. The van der Waals surface area contributed by atoms with Crippen molar-refractivity contribution in [3.63, 3.8) is 0 Å². The van der Waals surface area contributed by atoms with Crippen molar-refractivity contribution in [1.29, 1.82) is 0 Å². The standard InChI is InChI=1S/C27H20/c1-17-14-24-22-11-6-4-9-20(22)16-26(24)27(18(17)2)13-7-12-23-21-10-5-3-8-19(21)15-25(23)27/h3-16H,1-2H3. The summed E-state index contributed by atoms with van der Waals surface area (Å²) in [6.07, 6.45) is 14.2. The minimum absolute atomic E-state index is 0.170. The fraction of sp³-hybridized carbons (Fsp3) is 0.111. The van der Waals surface area contributed by atoms with Gasteiger partial charge in [0.05, 0.1) is 5.41 Å². The molecule has 0 saturated heterocycles. The smallest absolute Gasteiger partial charge is 0.0610 e. The number of hydrogen-bond acceptors (Lipinski definition) is 0. The van der Waals surface area contributed by atoms with Crippen LogP contribution < -0.4 is 0 Å². The molecule has 0 radical (unpaired) electrons. The van der Waals surface area contributed by atoms with E-state index in [4.69, 9.17) is 0 Å². The fourth-order valence-electron chi connectivity index (χ4n) is 5.26. The average molecular weight is 344 g/mol. The van der Waals surface area contributed by atoms with Crippen LogP contribution in [0.3, 0.4) is 0 Å². The molecule has 0 heteroatoms. The lowest BCUT2D eigenvalue weighted by molar-refractivity contribution is 0.687. The van der Waals surface area contributed by atoms with E-state index in [-0.39, 0.29) is 5.41 Å². The predicted octanol–water partition coefficient (Wildman–Crippen LogP) is 6.85. The molecule has 0 bridgehead atoms. The third-order valence-corrected chi connectivity index (χ3v) is 6.68. The normalized spacial score (nSPS) is 23.9. The number of fused-ring (bicyclic) bond motifs is 8. The molecule has 0 heterocycles. The minimum Gasteiger partial charge on any atom is -0.0655 e. The van der Waals surface area contributed by atoms with Gasteiger partial charge in [0, 0.05) is 0 Å². The molecule has 4 aliphatic carbocycles. The van der Waals surface area contributed by atoms with Gasteiger partial charge >= 0.3 is 0 Å². The van der Waals surface area contributed by atoms with E-state index in [0.717, 1.165) is 0 Å². The van der Waals surface area contributed by atoms with Crippen molar-refractivity contribution >= 4 is 23.3 Å². The summed E-state index contributed by atoms with van der Waals surface area (Å²) in [7, 11) is 0. The molecule has 128 valence electrons. The van der Waals surface area contributed by atoms with E-state index >= 15 is 0 Å². The molecule has 0 N–H and O–H groups in total. The zero-order valence-electron chi connectivity index (χ0n) is 15.6. The number of benzene rings is 2. The van der Waals surface area contributed by atoms with Gasteiger partial charge in [-0.15, -0.1) is 0 Å². The summed E-state index contributed by atoms with van der Waals surface area (Å²) in [6.45, 7) is 4.57. The molecule has 6 rings (SSSR count). The maximum absolute atomic E-state index is 2.41. The molecule has 0 amide bonds. The molecule has 0 aromatic heterocycles. The molecular weight excluding hydrogens is 324 g/mol. The minimum atomic E-state index is -0.170. The molecule has 2 aromatic rings. The van der Waals surface area contributed by atoms with Crippen LogP contribution in [0.25, 0.3) is 23.3 Å². The summed E-state index contributed by atoms with van der Waals surface area (Å²) in [5.41, 5.74) is 13.6. The Morgan fingerprint density at radius 1 is 0.667 bits per heavy atom. The third-order valence-electron chi connectivity index (χ3n) is 6.68. The number of rotatable bonds is 0. The van der Waals surface area contributed by atoms with Crippen LogP contribution >= 0.6 is 0 Å². The Labute approximate surface area is 160 Å². The predicted molar refractivity (Wildman–Crippen MR) is 115 cm³/mol. The Morgan fingerprint density at radius 3 is 1.96 bits per heavy atom. The topological polar surface area (TPSA) is 0 Å². The quantitative estimate of drug-likeness (QED) is 0.490. The zero-order chi connectivity index (χ0) is 18.2. The van der Waals surface area contributed by atoms with Crippen LogP contribution in [0.15, 0.2) is 95.1 Å². The molecule has 0 fully saturated rings.